The number of esters is 1. The van der Waals surface area contributed by atoms with Crippen molar-refractivity contribution in [3.8, 4) is 5.75 Å². The van der Waals surface area contributed by atoms with Crippen LogP contribution in [0.25, 0.3) is 0 Å². The summed E-state index contributed by atoms with van der Waals surface area (Å²) in [5.41, 5.74) is 0. The molecule has 0 N–H and O–H groups in total. The van der Waals surface area contributed by atoms with Crippen molar-refractivity contribution in [3.05, 3.63) is 27.2 Å². The number of hydrogen-bond acceptors (Lipinski definition) is 3. The predicted molar refractivity (Wildman–Crippen MR) is 77.4 cm³/mol. The highest BCUT2D eigenvalue weighted by Gasteiger charge is 2.12. The highest BCUT2D eigenvalue weighted by Crippen LogP contribution is 2.35. The minimum absolute atomic E-state index is 0.230. The van der Waals surface area contributed by atoms with Crippen LogP contribution in [0.4, 0.5) is 0 Å². The Morgan fingerprint density at radius 2 is 1.79 bits per heavy atom. The molecule has 0 bridgehead atoms. The van der Waals surface area contributed by atoms with Gasteiger partial charge < -0.3 is 9.47 Å². The van der Waals surface area contributed by atoms with Gasteiger partial charge in [-0.3, -0.25) is 0 Å². The van der Waals surface area contributed by atoms with E-state index in [9.17, 15) is 4.79 Å². The molecular weight excluding hydrogens is 310 g/mol. The Morgan fingerprint density at radius 1 is 1.21 bits per heavy atom. The third kappa shape index (κ3) is 5.89. The zero-order valence-electron chi connectivity index (χ0n) is 10.7. The summed E-state index contributed by atoms with van der Waals surface area (Å²) in [5.74, 6) is 0.255. The lowest BCUT2D eigenvalue weighted by molar-refractivity contribution is -0.146. The Hall–Kier alpha value is -0.640. The molecule has 0 heterocycles. The van der Waals surface area contributed by atoms with Crippen molar-refractivity contribution in [1.82, 2.24) is 0 Å². The fourth-order valence-electron chi connectivity index (χ4n) is 1.25. The van der Waals surface area contributed by atoms with Crippen molar-refractivity contribution in [1.29, 1.82) is 0 Å². The van der Waals surface area contributed by atoms with E-state index in [0.29, 0.717) is 17.5 Å². The Bertz CT molecular complexity index is 424. The maximum absolute atomic E-state index is 11.4. The molecule has 1 aromatic carbocycles. The number of carbonyl (C=O) groups is 1. The second kappa shape index (κ2) is 7.83. The molecule has 1 rings (SSSR count). The second-order valence-electron chi connectivity index (χ2n) is 4.39. The van der Waals surface area contributed by atoms with Gasteiger partial charge in [0.1, 0.15) is 0 Å². The average Bonchev–Trinajstić information content (AvgIpc) is 2.26. The summed E-state index contributed by atoms with van der Waals surface area (Å²) in [7, 11) is 0. The topological polar surface area (TPSA) is 35.5 Å². The monoisotopic (exact) mass is 324 g/mol. The highest BCUT2D eigenvalue weighted by molar-refractivity contribution is 6.40. The number of rotatable bonds is 6. The van der Waals surface area contributed by atoms with Crippen LogP contribution in [-0.4, -0.2) is 19.2 Å². The molecule has 0 aromatic heterocycles. The van der Waals surface area contributed by atoms with Gasteiger partial charge in [-0.05, 0) is 24.5 Å². The molecule has 0 aliphatic heterocycles. The van der Waals surface area contributed by atoms with Gasteiger partial charge in [0.15, 0.2) is 12.4 Å². The molecule has 6 heteroatoms. The first-order valence-electron chi connectivity index (χ1n) is 5.83. The highest BCUT2D eigenvalue weighted by atomic mass is 35.5. The molecule has 0 amide bonds. The van der Waals surface area contributed by atoms with Crippen LogP contribution in [0.5, 0.6) is 5.75 Å². The molecule has 0 aliphatic rings. The zero-order chi connectivity index (χ0) is 14.4. The molecule has 0 radical (unpaired) electrons. The van der Waals surface area contributed by atoms with E-state index in [2.05, 4.69) is 13.8 Å². The lowest BCUT2D eigenvalue weighted by Gasteiger charge is -2.10. The number of benzene rings is 1. The van der Waals surface area contributed by atoms with Gasteiger partial charge >= 0.3 is 5.97 Å². The van der Waals surface area contributed by atoms with E-state index >= 15 is 0 Å². The van der Waals surface area contributed by atoms with Gasteiger partial charge in [-0.25, -0.2) is 4.79 Å². The third-order valence-corrected chi connectivity index (χ3v) is 3.04. The lowest BCUT2D eigenvalue weighted by Crippen LogP contribution is -2.16. The van der Waals surface area contributed by atoms with Crippen LogP contribution in [0.3, 0.4) is 0 Å². The Kier molecular flexibility index (Phi) is 6.76. The van der Waals surface area contributed by atoms with Crippen LogP contribution < -0.4 is 4.74 Å². The van der Waals surface area contributed by atoms with Gasteiger partial charge in [0.25, 0.3) is 0 Å². The van der Waals surface area contributed by atoms with Crippen LogP contribution in [0, 0.1) is 5.92 Å². The first-order valence-corrected chi connectivity index (χ1v) is 6.96. The van der Waals surface area contributed by atoms with Crippen molar-refractivity contribution < 1.29 is 14.3 Å². The van der Waals surface area contributed by atoms with E-state index in [1.54, 1.807) is 0 Å². The fourth-order valence-corrected chi connectivity index (χ4v) is 2.17. The summed E-state index contributed by atoms with van der Waals surface area (Å²) in [5, 5.41) is 0.918. The summed E-state index contributed by atoms with van der Waals surface area (Å²) >= 11 is 17.6. The molecule has 106 valence electrons. The summed E-state index contributed by atoms with van der Waals surface area (Å²) in [4.78, 5) is 11.4. The smallest absolute Gasteiger partial charge is 0.344 e. The van der Waals surface area contributed by atoms with Gasteiger partial charge in [0, 0.05) is 5.02 Å². The Labute approximate surface area is 127 Å². The van der Waals surface area contributed by atoms with E-state index < -0.39 is 5.97 Å². The van der Waals surface area contributed by atoms with E-state index in [1.807, 2.05) is 0 Å². The molecule has 0 saturated carbocycles. The van der Waals surface area contributed by atoms with Crippen LogP contribution in [0.15, 0.2) is 12.1 Å². The minimum Gasteiger partial charge on any atom is -0.479 e. The van der Waals surface area contributed by atoms with Gasteiger partial charge in [0.05, 0.1) is 16.7 Å². The van der Waals surface area contributed by atoms with E-state index in [4.69, 9.17) is 44.3 Å². The molecule has 1 aromatic rings. The van der Waals surface area contributed by atoms with Crippen LogP contribution >= 0.6 is 34.8 Å². The zero-order valence-corrected chi connectivity index (χ0v) is 13.0. The molecule has 0 fully saturated rings. The molecule has 3 nitrogen and oxygen atoms in total. The quantitative estimate of drug-likeness (QED) is 0.716. The third-order valence-electron chi connectivity index (χ3n) is 2.26. The number of hydrogen-bond donors (Lipinski definition) is 0. The Balaban J connectivity index is 2.46. The number of ether oxygens (including phenoxy) is 2. The molecule has 19 heavy (non-hydrogen) atoms. The van der Waals surface area contributed by atoms with Gasteiger partial charge in [-0.15, -0.1) is 0 Å². The van der Waals surface area contributed by atoms with Crippen molar-refractivity contribution in [2.75, 3.05) is 13.2 Å². The van der Waals surface area contributed by atoms with Crippen molar-refractivity contribution >= 4 is 40.8 Å². The molecule has 0 spiro atoms. The first-order chi connectivity index (χ1) is 8.90. The van der Waals surface area contributed by atoms with Crippen LogP contribution in [0.1, 0.15) is 20.3 Å². The maximum atomic E-state index is 11.4. The van der Waals surface area contributed by atoms with Crippen molar-refractivity contribution in [2.24, 2.45) is 5.92 Å². The Morgan fingerprint density at radius 3 is 2.32 bits per heavy atom. The summed E-state index contributed by atoms with van der Waals surface area (Å²) in [6.45, 7) is 4.25. The van der Waals surface area contributed by atoms with Gasteiger partial charge in [-0.2, -0.15) is 0 Å². The minimum atomic E-state index is -0.456. The normalized spacial score (nSPS) is 10.6. The van der Waals surface area contributed by atoms with Crippen molar-refractivity contribution in [3.63, 3.8) is 0 Å². The second-order valence-corrected chi connectivity index (χ2v) is 5.64. The average molecular weight is 326 g/mol. The number of carbonyl (C=O) groups excluding carboxylic acids is 1. The van der Waals surface area contributed by atoms with E-state index in [1.165, 1.54) is 12.1 Å². The standard InChI is InChI=1S/C13H15Cl3O3/c1-8(2)3-4-18-12(17)7-19-13-10(15)5-9(14)6-11(13)16/h5-6,8H,3-4,7H2,1-2H3. The number of halogens is 3. The first kappa shape index (κ1) is 16.4. The fraction of sp³-hybridized carbons (Fsp3) is 0.462. The molecule has 0 atom stereocenters. The summed E-state index contributed by atoms with van der Waals surface area (Å²) in [6.07, 6.45) is 0.814. The molecule has 0 saturated heterocycles. The SMILES string of the molecule is CC(C)CCOC(=O)COc1c(Cl)cc(Cl)cc1Cl. The summed E-state index contributed by atoms with van der Waals surface area (Å²) < 4.78 is 10.2. The van der Waals surface area contributed by atoms with Crippen LogP contribution in [-0.2, 0) is 9.53 Å². The lowest BCUT2D eigenvalue weighted by atomic mass is 10.1. The largest absolute Gasteiger partial charge is 0.479 e. The molecular formula is C13H15Cl3O3. The predicted octanol–water partition coefficient (Wildman–Crippen LogP) is 4.61. The molecule has 0 aliphatic carbocycles. The maximum Gasteiger partial charge on any atom is 0.344 e. The summed E-state index contributed by atoms with van der Waals surface area (Å²) in [6, 6.07) is 2.99. The van der Waals surface area contributed by atoms with E-state index in [-0.39, 0.29) is 22.4 Å². The van der Waals surface area contributed by atoms with E-state index in [0.717, 1.165) is 6.42 Å². The van der Waals surface area contributed by atoms with Crippen molar-refractivity contribution in [2.45, 2.75) is 20.3 Å². The van der Waals surface area contributed by atoms with Crippen LogP contribution in [0.2, 0.25) is 15.1 Å². The van der Waals surface area contributed by atoms with Gasteiger partial charge in [0.2, 0.25) is 0 Å². The van der Waals surface area contributed by atoms with Gasteiger partial charge in [-0.1, -0.05) is 48.7 Å². The molecule has 0 unspecified atom stereocenters.